The van der Waals surface area contributed by atoms with Crippen LogP contribution in [0, 0.1) is 0 Å². The van der Waals surface area contributed by atoms with Crippen molar-refractivity contribution in [1.82, 2.24) is 10.2 Å². The molecular formula is C9H15N5O. The maximum absolute atomic E-state index is 10.9. The average Bonchev–Trinajstić information content (AvgIpc) is 2.17. The number of amidine groups is 1. The molecule has 0 bridgehead atoms. The fraction of sp³-hybridized carbons (Fsp3) is 0.556. The van der Waals surface area contributed by atoms with E-state index in [1.54, 1.807) is 0 Å². The predicted molar refractivity (Wildman–Crippen MR) is 58.0 cm³/mol. The zero-order valence-corrected chi connectivity index (χ0v) is 9.03. The summed E-state index contributed by atoms with van der Waals surface area (Å²) in [5.74, 6) is 0.425. The van der Waals surface area contributed by atoms with Gasteiger partial charge in [0.25, 0.3) is 0 Å². The largest absolute Gasteiger partial charge is 0.365 e. The highest BCUT2D eigenvalue weighted by atomic mass is 16.2. The molecule has 1 rings (SSSR count). The molecule has 0 aromatic heterocycles. The standard InChI is InChI=1S/C9H15N5O/c1-7-8(11-9(15)13-12-7)10-5-4-6-14(2)3/h1,4-6H2,2-3H3,(H,10,11,15). The second-order valence-corrected chi connectivity index (χ2v) is 3.46. The van der Waals surface area contributed by atoms with E-state index in [1.807, 2.05) is 14.1 Å². The first-order valence-electron chi connectivity index (χ1n) is 4.71. The summed E-state index contributed by atoms with van der Waals surface area (Å²) >= 11 is 0. The predicted octanol–water partition coefficient (Wildman–Crippen LogP) is 1.03. The maximum Gasteiger partial charge on any atom is 0.365 e. The molecule has 6 heteroatoms. The third-order valence-electron chi connectivity index (χ3n) is 1.79. The summed E-state index contributed by atoms with van der Waals surface area (Å²) in [6, 6.07) is -0.492. The van der Waals surface area contributed by atoms with Crippen LogP contribution in [0.4, 0.5) is 4.79 Å². The Hall–Kier alpha value is -1.56. The zero-order valence-electron chi connectivity index (χ0n) is 9.03. The third-order valence-corrected chi connectivity index (χ3v) is 1.79. The van der Waals surface area contributed by atoms with E-state index in [9.17, 15) is 4.79 Å². The molecule has 0 atom stereocenters. The van der Waals surface area contributed by atoms with Crippen molar-refractivity contribution in [1.29, 1.82) is 0 Å². The first-order chi connectivity index (χ1) is 7.09. The van der Waals surface area contributed by atoms with E-state index >= 15 is 0 Å². The van der Waals surface area contributed by atoms with Crippen molar-refractivity contribution >= 4 is 11.9 Å². The molecule has 1 heterocycles. The second kappa shape index (κ2) is 5.35. The van der Waals surface area contributed by atoms with E-state index in [4.69, 9.17) is 0 Å². The van der Waals surface area contributed by atoms with Gasteiger partial charge in [-0.25, -0.2) is 4.79 Å². The van der Waals surface area contributed by atoms with Crippen LogP contribution in [0.1, 0.15) is 6.42 Å². The van der Waals surface area contributed by atoms with Gasteiger partial charge < -0.3 is 4.90 Å². The summed E-state index contributed by atoms with van der Waals surface area (Å²) in [6.07, 6.45) is 0.927. The molecule has 1 N–H and O–H groups in total. The molecule has 0 saturated carbocycles. The molecule has 82 valence electrons. The number of hydrogen-bond donors (Lipinski definition) is 1. The van der Waals surface area contributed by atoms with Crippen LogP contribution in [0.3, 0.4) is 0 Å². The molecule has 0 unspecified atom stereocenters. The Balaban J connectivity index is 2.42. The summed E-state index contributed by atoms with van der Waals surface area (Å²) in [6.45, 7) is 5.23. The van der Waals surface area contributed by atoms with Crippen molar-refractivity contribution < 1.29 is 4.79 Å². The Morgan fingerprint density at radius 1 is 1.47 bits per heavy atom. The molecular weight excluding hydrogens is 194 g/mol. The van der Waals surface area contributed by atoms with Gasteiger partial charge in [-0.1, -0.05) is 11.7 Å². The second-order valence-electron chi connectivity index (χ2n) is 3.46. The van der Waals surface area contributed by atoms with Crippen molar-refractivity contribution in [2.75, 3.05) is 27.2 Å². The van der Waals surface area contributed by atoms with Gasteiger partial charge >= 0.3 is 6.03 Å². The first-order valence-corrected chi connectivity index (χ1v) is 4.71. The van der Waals surface area contributed by atoms with Gasteiger partial charge in [-0.3, -0.25) is 10.3 Å². The monoisotopic (exact) mass is 209 g/mol. The highest BCUT2D eigenvalue weighted by molar-refractivity contribution is 6.08. The number of nitrogens with one attached hydrogen (secondary N) is 1. The van der Waals surface area contributed by atoms with E-state index in [0.29, 0.717) is 18.1 Å². The number of azo groups is 1. The lowest BCUT2D eigenvalue weighted by atomic mass is 10.4. The molecule has 15 heavy (non-hydrogen) atoms. The maximum atomic E-state index is 10.9. The van der Waals surface area contributed by atoms with Gasteiger partial charge in [-0.2, -0.15) is 0 Å². The normalized spacial score (nSPS) is 18.7. The quantitative estimate of drug-likeness (QED) is 0.702. The Morgan fingerprint density at radius 3 is 2.87 bits per heavy atom. The Kier molecular flexibility index (Phi) is 4.11. The van der Waals surface area contributed by atoms with E-state index in [2.05, 4.69) is 32.0 Å². The number of urea groups is 1. The number of nitrogens with zero attached hydrogens (tertiary/aromatic N) is 4. The van der Waals surface area contributed by atoms with Crippen molar-refractivity contribution in [2.45, 2.75) is 6.42 Å². The molecule has 0 aromatic rings. The van der Waals surface area contributed by atoms with Gasteiger partial charge in [-0.15, -0.1) is 5.11 Å². The molecule has 1 aliphatic heterocycles. The SMILES string of the molecule is C=C1N=NC(=O)NC1=NCCCN(C)C. The van der Waals surface area contributed by atoms with Crippen LogP contribution in [0.2, 0.25) is 0 Å². The summed E-state index contributed by atoms with van der Waals surface area (Å²) < 4.78 is 0. The Labute approximate surface area is 88.8 Å². The molecule has 1 aliphatic rings. The number of amides is 2. The smallest absolute Gasteiger partial charge is 0.309 e. The minimum atomic E-state index is -0.492. The average molecular weight is 209 g/mol. The minimum Gasteiger partial charge on any atom is -0.309 e. The Morgan fingerprint density at radius 2 is 2.20 bits per heavy atom. The number of carbonyl (C=O) groups excluding carboxylic acids is 1. The van der Waals surface area contributed by atoms with Crippen LogP contribution >= 0.6 is 0 Å². The van der Waals surface area contributed by atoms with Gasteiger partial charge in [0.2, 0.25) is 0 Å². The minimum absolute atomic E-state index is 0.402. The fourth-order valence-corrected chi connectivity index (χ4v) is 1.06. The van der Waals surface area contributed by atoms with Crippen LogP contribution in [0.15, 0.2) is 27.5 Å². The topological polar surface area (TPSA) is 69.4 Å². The number of hydrogen-bond acceptors (Lipinski definition) is 4. The summed E-state index contributed by atoms with van der Waals surface area (Å²) in [5.41, 5.74) is 0.402. The van der Waals surface area contributed by atoms with E-state index in [-0.39, 0.29) is 0 Å². The fourth-order valence-electron chi connectivity index (χ4n) is 1.06. The number of carbonyl (C=O) groups is 1. The third kappa shape index (κ3) is 3.99. The number of rotatable bonds is 4. The van der Waals surface area contributed by atoms with Gasteiger partial charge in [0.1, 0.15) is 5.70 Å². The molecule has 0 fully saturated rings. The van der Waals surface area contributed by atoms with Crippen molar-refractivity contribution in [3.63, 3.8) is 0 Å². The highest BCUT2D eigenvalue weighted by Crippen LogP contribution is 2.03. The van der Waals surface area contributed by atoms with E-state index in [1.165, 1.54) is 0 Å². The van der Waals surface area contributed by atoms with E-state index in [0.717, 1.165) is 13.0 Å². The summed E-state index contributed by atoms with van der Waals surface area (Å²) in [4.78, 5) is 17.1. The highest BCUT2D eigenvalue weighted by Gasteiger charge is 2.13. The molecule has 0 aromatic carbocycles. The Bertz CT molecular complexity index is 318. The van der Waals surface area contributed by atoms with Gasteiger partial charge in [0.05, 0.1) is 0 Å². The summed E-state index contributed by atoms with van der Waals surface area (Å²) in [5, 5.41) is 9.38. The lowest BCUT2D eigenvalue weighted by Crippen LogP contribution is -2.32. The van der Waals surface area contributed by atoms with Crippen LogP contribution < -0.4 is 5.32 Å². The lowest BCUT2D eigenvalue weighted by Gasteiger charge is -2.10. The number of aliphatic imine (C=N–C) groups is 1. The van der Waals surface area contributed by atoms with Gasteiger partial charge in [0, 0.05) is 6.54 Å². The van der Waals surface area contributed by atoms with E-state index < -0.39 is 6.03 Å². The molecule has 0 aliphatic carbocycles. The lowest BCUT2D eigenvalue weighted by molar-refractivity contribution is 0.251. The molecule has 0 radical (unpaired) electrons. The van der Waals surface area contributed by atoms with Crippen molar-refractivity contribution in [2.24, 2.45) is 15.2 Å². The van der Waals surface area contributed by atoms with Crippen LogP contribution in [-0.4, -0.2) is 44.0 Å². The molecule has 6 nitrogen and oxygen atoms in total. The molecule has 2 amide bonds. The zero-order chi connectivity index (χ0) is 11.3. The van der Waals surface area contributed by atoms with Crippen molar-refractivity contribution in [3.05, 3.63) is 12.3 Å². The van der Waals surface area contributed by atoms with Crippen LogP contribution in [-0.2, 0) is 0 Å². The first kappa shape index (κ1) is 11.5. The van der Waals surface area contributed by atoms with Gasteiger partial charge in [0.15, 0.2) is 5.84 Å². The van der Waals surface area contributed by atoms with Crippen LogP contribution in [0.25, 0.3) is 0 Å². The van der Waals surface area contributed by atoms with Crippen molar-refractivity contribution in [3.8, 4) is 0 Å². The molecule has 0 spiro atoms. The molecule has 0 saturated heterocycles. The van der Waals surface area contributed by atoms with Gasteiger partial charge in [-0.05, 0) is 27.1 Å². The summed E-state index contributed by atoms with van der Waals surface area (Å²) in [7, 11) is 4.01. The van der Waals surface area contributed by atoms with Crippen LogP contribution in [0.5, 0.6) is 0 Å².